The molecule has 0 fully saturated rings. The fourth-order valence-electron chi connectivity index (χ4n) is 1.35. The summed E-state index contributed by atoms with van der Waals surface area (Å²) in [6.45, 7) is 0.712. The molecule has 2 aromatic heterocycles. The molecule has 0 saturated heterocycles. The third-order valence-corrected chi connectivity index (χ3v) is 3.22. The van der Waals surface area contributed by atoms with Gasteiger partial charge in [0.15, 0.2) is 0 Å². The van der Waals surface area contributed by atoms with E-state index in [1.54, 1.807) is 11.8 Å². The van der Waals surface area contributed by atoms with Crippen LogP contribution >= 0.6 is 23.4 Å². The number of hydrogen-bond acceptors (Lipinski definition) is 3. The number of aromatic nitrogens is 2. The molecule has 2 N–H and O–H groups in total. The van der Waals surface area contributed by atoms with E-state index in [9.17, 15) is 0 Å². The Bertz CT molecular complexity index is 455. The summed E-state index contributed by atoms with van der Waals surface area (Å²) in [6.07, 6.45) is 3.87. The van der Waals surface area contributed by atoms with Crippen molar-refractivity contribution < 1.29 is 0 Å². The minimum Gasteiger partial charge on any atom is -0.330 e. The molecule has 80 valence electrons. The van der Waals surface area contributed by atoms with Crippen molar-refractivity contribution in [3.63, 3.8) is 0 Å². The maximum absolute atomic E-state index is 5.88. The van der Waals surface area contributed by atoms with E-state index in [2.05, 4.69) is 4.98 Å². The maximum atomic E-state index is 5.88. The zero-order valence-electron chi connectivity index (χ0n) is 8.19. The summed E-state index contributed by atoms with van der Waals surface area (Å²) in [4.78, 5) is 4.47. The summed E-state index contributed by atoms with van der Waals surface area (Å²) in [5.41, 5.74) is 7.42. The van der Waals surface area contributed by atoms with Crippen LogP contribution in [0, 0.1) is 0 Å². The van der Waals surface area contributed by atoms with Crippen LogP contribution in [-0.4, -0.2) is 21.7 Å². The van der Waals surface area contributed by atoms with Crippen LogP contribution in [0.3, 0.4) is 0 Å². The number of nitrogens with two attached hydrogens (primary N) is 1. The van der Waals surface area contributed by atoms with Gasteiger partial charge >= 0.3 is 0 Å². The maximum Gasteiger partial charge on any atom is 0.137 e. The molecule has 15 heavy (non-hydrogen) atoms. The van der Waals surface area contributed by atoms with Crippen molar-refractivity contribution in [1.29, 1.82) is 0 Å². The molecular formula is C10H12ClN3S. The van der Waals surface area contributed by atoms with Crippen LogP contribution < -0.4 is 5.73 Å². The van der Waals surface area contributed by atoms with Gasteiger partial charge in [-0.05, 0) is 12.1 Å². The van der Waals surface area contributed by atoms with E-state index in [1.807, 2.05) is 28.9 Å². The van der Waals surface area contributed by atoms with E-state index >= 15 is 0 Å². The van der Waals surface area contributed by atoms with Crippen LogP contribution in [0.25, 0.3) is 5.65 Å². The molecule has 3 nitrogen and oxygen atoms in total. The monoisotopic (exact) mass is 241 g/mol. The van der Waals surface area contributed by atoms with Gasteiger partial charge in [-0.25, -0.2) is 4.98 Å². The lowest BCUT2D eigenvalue weighted by molar-refractivity contribution is 1.14. The molecule has 2 heterocycles. The summed E-state index contributed by atoms with van der Waals surface area (Å²) >= 11 is 7.68. The first-order valence-electron chi connectivity index (χ1n) is 4.70. The Morgan fingerprint density at radius 3 is 3.07 bits per heavy atom. The van der Waals surface area contributed by atoms with E-state index < -0.39 is 0 Å². The van der Waals surface area contributed by atoms with Gasteiger partial charge in [-0.3, -0.25) is 0 Å². The highest BCUT2D eigenvalue weighted by molar-refractivity contribution is 7.98. The van der Waals surface area contributed by atoms with Crippen molar-refractivity contribution in [2.24, 2.45) is 5.73 Å². The van der Waals surface area contributed by atoms with Gasteiger partial charge < -0.3 is 10.1 Å². The van der Waals surface area contributed by atoms with E-state index in [1.165, 1.54) is 0 Å². The fraction of sp³-hybridized carbons (Fsp3) is 0.300. The van der Waals surface area contributed by atoms with Gasteiger partial charge in [0.25, 0.3) is 0 Å². The summed E-state index contributed by atoms with van der Waals surface area (Å²) in [7, 11) is 0. The van der Waals surface area contributed by atoms with Gasteiger partial charge in [-0.1, -0.05) is 11.6 Å². The number of rotatable bonds is 4. The van der Waals surface area contributed by atoms with Crippen molar-refractivity contribution in [3.05, 3.63) is 35.2 Å². The zero-order valence-corrected chi connectivity index (χ0v) is 9.76. The highest BCUT2D eigenvalue weighted by Crippen LogP contribution is 2.15. The lowest BCUT2D eigenvalue weighted by Gasteiger charge is -1.93. The van der Waals surface area contributed by atoms with Crippen LogP contribution in [0.5, 0.6) is 0 Å². The SMILES string of the molecule is NCCSCc1cn2cc(Cl)ccc2n1. The predicted octanol–water partition coefficient (Wildman–Crippen LogP) is 2.18. The first-order chi connectivity index (χ1) is 7.29. The van der Waals surface area contributed by atoms with Crippen molar-refractivity contribution in [2.45, 2.75) is 5.75 Å². The Morgan fingerprint density at radius 2 is 2.27 bits per heavy atom. The van der Waals surface area contributed by atoms with Crippen LogP contribution in [0.1, 0.15) is 5.69 Å². The molecule has 0 saturated carbocycles. The Kier molecular flexibility index (Phi) is 3.51. The molecule has 0 unspecified atom stereocenters. The Hall–Kier alpha value is -0.710. The molecule has 0 aliphatic heterocycles. The van der Waals surface area contributed by atoms with E-state index in [0.29, 0.717) is 6.54 Å². The van der Waals surface area contributed by atoms with Crippen LogP contribution in [0.15, 0.2) is 24.5 Å². The first kappa shape index (κ1) is 10.8. The number of thioether (sulfide) groups is 1. The van der Waals surface area contributed by atoms with Crippen LogP contribution in [0.2, 0.25) is 5.02 Å². The Labute approximate surface area is 97.6 Å². The molecule has 5 heteroatoms. The quantitative estimate of drug-likeness (QED) is 0.835. The molecule has 0 aliphatic carbocycles. The lowest BCUT2D eigenvalue weighted by atomic mass is 10.5. The normalized spacial score (nSPS) is 11.1. The van der Waals surface area contributed by atoms with Gasteiger partial charge in [0, 0.05) is 30.4 Å². The van der Waals surface area contributed by atoms with Gasteiger partial charge in [-0.2, -0.15) is 11.8 Å². The largest absolute Gasteiger partial charge is 0.330 e. The summed E-state index contributed by atoms with van der Waals surface area (Å²) in [6, 6.07) is 3.76. The summed E-state index contributed by atoms with van der Waals surface area (Å²) in [5, 5.41) is 0.723. The number of fused-ring (bicyclic) bond motifs is 1. The average Bonchev–Trinajstić information content (AvgIpc) is 2.60. The van der Waals surface area contributed by atoms with Crippen molar-refractivity contribution in [1.82, 2.24) is 9.38 Å². The second kappa shape index (κ2) is 4.88. The van der Waals surface area contributed by atoms with Crippen molar-refractivity contribution in [2.75, 3.05) is 12.3 Å². The topological polar surface area (TPSA) is 43.3 Å². The van der Waals surface area contributed by atoms with E-state index in [4.69, 9.17) is 17.3 Å². The van der Waals surface area contributed by atoms with Gasteiger partial charge in [-0.15, -0.1) is 0 Å². The van der Waals surface area contributed by atoms with E-state index in [-0.39, 0.29) is 0 Å². The number of halogens is 1. The number of nitrogens with zero attached hydrogens (tertiary/aromatic N) is 2. The van der Waals surface area contributed by atoms with Crippen molar-refractivity contribution >= 4 is 29.0 Å². The molecular weight excluding hydrogens is 230 g/mol. The Balaban J connectivity index is 2.16. The van der Waals surface area contributed by atoms with Crippen LogP contribution in [-0.2, 0) is 5.75 Å². The third-order valence-electron chi connectivity index (χ3n) is 1.98. The minimum atomic E-state index is 0.712. The molecule has 2 aromatic rings. The average molecular weight is 242 g/mol. The second-order valence-corrected chi connectivity index (χ2v) is 4.73. The lowest BCUT2D eigenvalue weighted by Crippen LogP contribution is -2.01. The molecule has 0 bridgehead atoms. The smallest absolute Gasteiger partial charge is 0.137 e. The van der Waals surface area contributed by atoms with Crippen LogP contribution in [0.4, 0.5) is 0 Å². The second-order valence-electron chi connectivity index (χ2n) is 3.19. The minimum absolute atomic E-state index is 0.712. The number of imidazole rings is 1. The standard InChI is InChI=1S/C10H12ClN3S/c11-8-1-2-10-13-9(6-14(10)5-8)7-15-4-3-12/h1-2,5-6H,3-4,7,12H2. The molecule has 0 spiro atoms. The highest BCUT2D eigenvalue weighted by Gasteiger charge is 2.01. The van der Waals surface area contributed by atoms with Gasteiger partial charge in [0.1, 0.15) is 5.65 Å². The molecule has 0 atom stereocenters. The first-order valence-corrected chi connectivity index (χ1v) is 6.24. The zero-order chi connectivity index (χ0) is 10.7. The third kappa shape index (κ3) is 2.65. The van der Waals surface area contributed by atoms with Gasteiger partial charge in [0.2, 0.25) is 0 Å². The molecule has 0 amide bonds. The molecule has 0 radical (unpaired) electrons. The number of hydrogen-bond donors (Lipinski definition) is 1. The highest BCUT2D eigenvalue weighted by atomic mass is 35.5. The van der Waals surface area contributed by atoms with Crippen molar-refractivity contribution in [3.8, 4) is 0 Å². The predicted molar refractivity (Wildman–Crippen MR) is 65.4 cm³/mol. The number of pyridine rings is 1. The summed E-state index contributed by atoms with van der Waals surface area (Å²) < 4.78 is 1.95. The van der Waals surface area contributed by atoms with E-state index in [0.717, 1.165) is 27.9 Å². The summed E-state index contributed by atoms with van der Waals surface area (Å²) in [5.74, 6) is 1.87. The Morgan fingerprint density at radius 1 is 1.40 bits per heavy atom. The molecule has 0 aliphatic rings. The van der Waals surface area contributed by atoms with Gasteiger partial charge in [0.05, 0.1) is 10.7 Å². The molecule has 0 aromatic carbocycles. The molecule has 2 rings (SSSR count). The fourth-order valence-corrected chi connectivity index (χ4v) is 2.17.